The molecule has 3 N–H and O–H groups in total. The van der Waals surface area contributed by atoms with Gasteiger partial charge in [-0.25, -0.2) is 14.4 Å². The van der Waals surface area contributed by atoms with E-state index in [1.807, 2.05) is 18.2 Å². The molecule has 3 rings (SSSR count). The number of esters is 4. The number of alkyl carbamates (subject to hydrolysis) is 1. The molecule has 0 bridgehead atoms. The van der Waals surface area contributed by atoms with E-state index in [1.165, 1.54) is 0 Å². The highest BCUT2D eigenvalue weighted by Crippen LogP contribution is 2.17. The van der Waals surface area contributed by atoms with Gasteiger partial charge in [0.1, 0.15) is 23.9 Å². The zero-order chi connectivity index (χ0) is 43.8. The molecule has 0 fully saturated rings. The van der Waals surface area contributed by atoms with E-state index in [1.54, 1.807) is 118 Å². The highest BCUT2D eigenvalue weighted by molar-refractivity contribution is 5.97. The van der Waals surface area contributed by atoms with Crippen LogP contribution in [0, 0.1) is 27.7 Å². The third kappa shape index (κ3) is 17.5. The van der Waals surface area contributed by atoms with Crippen molar-refractivity contribution in [3.05, 3.63) is 106 Å². The number of hydrogen-bond donors (Lipinski definition) is 2. The lowest BCUT2D eigenvalue weighted by atomic mass is 10.0. The summed E-state index contributed by atoms with van der Waals surface area (Å²) >= 11 is 0. The maximum Gasteiger partial charge on any atom is 0.408 e. The number of carbonyl (C=O) groups is 7. The first-order valence-corrected chi connectivity index (χ1v) is 18.7. The summed E-state index contributed by atoms with van der Waals surface area (Å²) in [5.74, 6) is -3.68. The molecule has 314 valence electrons. The number of ether oxygens (including phenoxy) is 5. The van der Waals surface area contributed by atoms with Crippen LogP contribution in [0.4, 0.5) is 4.79 Å². The predicted octanol–water partition coefficient (Wildman–Crippen LogP) is 6.14. The first kappa shape index (κ1) is 48.3. The van der Waals surface area contributed by atoms with Crippen LogP contribution in [0.2, 0.25) is 0 Å². The molecular weight excluding hydrogens is 748 g/mol. The number of carbonyl (C=O) groups excluding carboxylic acids is 7. The standard InChI is InChI=1S/C26H31NO7.C18H25NO5/c1-17-10-9-11-18(2)23(17)24(30)32-16-21(28)20(14-22(29)34-26(3,4)5)27-25(31)33-15-19-12-7-6-8-13-19;1-11-7-6-8-12(2)16(11)17(22)23-10-14(20)13(19)9-15(21)24-18(3,4)5/h6-13,20H,14-16H2,1-5H3,(H,27,31);6-8,13H,9-10,19H2,1-5H3/t20-;13-/m00/s1. The molecule has 0 saturated heterocycles. The third-order valence-corrected chi connectivity index (χ3v) is 7.97. The van der Waals surface area contributed by atoms with Gasteiger partial charge in [-0.05, 0) is 97.1 Å². The lowest BCUT2D eigenvalue weighted by molar-refractivity contribution is -0.157. The fraction of sp³-hybridized carbons (Fsp3) is 0.432. The Labute approximate surface area is 340 Å². The van der Waals surface area contributed by atoms with Gasteiger partial charge in [0.2, 0.25) is 0 Å². The monoisotopic (exact) mass is 804 g/mol. The number of amides is 1. The largest absolute Gasteiger partial charge is 0.460 e. The van der Waals surface area contributed by atoms with Crippen molar-refractivity contribution in [3.8, 4) is 0 Å². The lowest BCUT2D eigenvalue weighted by Gasteiger charge is -2.22. The number of hydrogen-bond acceptors (Lipinski definition) is 13. The predicted molar refractivity (Wildman–Crippen MR) is 215 cm³/mol. The number of rotatable bonds is 15. The Morgan fingerprint density at radius 1 is 0.569 bits per heavy atom. The molecule has 0 unspecified atom stereocenters. The van der Waals surface area contributed by atoms with Crippen molar-refractivity contribution in [1.82, 2.24) is 5.32 Å². The van der Waals surface area contributed by atoms with E-state index in [-0.39, 0.29) is 13.0 Å². The van der Waals surface area contributed by atoms with E-state index in [0.717, 1.165) is 16.7 Å². The molecule has 14 nitrogen and oxygen atoms in total. The van der Waals surface area contributed by atoms with Gasteiger partial charge < -0.3 is 34.7 Å². The van der Waals surface area contributed by atoms with Crippen LogP contribution < -0.4 is 11.1 Å². The SMILES string of the molecule is Cc1cccc(C)c1C(=O)OCC(=O)[C@@H](N)CC(=O)OC(C)(C)C.Cc1cccc(C)c1C(=O)OCC(=O)[C@H](CC(=O)OC(C)(C)C)NC(=O)OCc1ccccc1. The topological polar surface area (TPSA) is 204 Å². The Morgan fingerprint density at radius 2 is 0.983 bits per heavy atom. The second-order valence-electron chi connectivity index (χ2n) is 15.6. The summed E-state index contributed by atoms with van der Waals surface area (Å²) in [7, 11) is 0. The average Bonchev–Trinajstić information content (AvgIpc) is 3.10. The third-order valence-electron chi connectivity index (χ3n) is 7.97. The average molecular weight is 805 g/mol. The molecule has 3 aromatic rings. The smallest absolute Gasteiger partial charge is 0.408 e. The molecule has 0 spiro atoms. The van der Waals surface area contributed by atoms with Gasteiger partial charge in [-0.2, -0.15) is 0 Å². The zero-order valence-corrected chi connectivity index (χ0v) is 35.0. The molecule has 0 aliphatic rings. The van der Waals surface area contributed by atoms with Crippen LogP contribution in [-0.4, -0.2) is 78.0 Å². The minimum atomic E-state index is -1.29. The summed E-state index contributed by atoms with van der Waals surface area (Å²) in [5.41, 5.74) is 8.80. The molecule has 3 aromatic carbocycles. The second kappa shape index (κ2) is 22.2. The molecule has 58 heavy (non-hydrogen) atoms. The van der Waals surface area contributed by atoms with Gasteiger partial charge in [0.15, 0.2) is 24.8 Å². The number of ketones is 2. The van der Waals surface area contributed by atoms with Gasteiger partial charge in [0.25, 0.3) is 0 Å². The summed E-state index contributed by atoms with van der Waals surface area (Å²) < 4.78 is 25.8. The van der Waals surface area contributed by atoms with Crippen molar-refractivity contribution in [2.45, 2.75) is 112 Å². The van der Waals surface area contributed by atoms with Crippen LogP contribution >= 0.6 is 0 Å². The van der Waals surface area contributed by atoms with Crippen molar-refractivity contribution in [3.63, 3.8) is 0 Å². The maximum atomic E-state index is 12.8. The van der Waals surface area contributed by atoms with Crippen molar-refractivity contribution in [2.24, 2.45) is 5.73 Å². The Bertz CT molecular complexity index is 1890. The first-order chi connectivity index (χ1) is 27.0. The Morgan fingerprint density at radius 3 is 1.41 bits per heavy atom. The van der Waals surface area contributed by atoms with E-state index in [9.17, 15) is 33.6 Å². The van der Waals surface area contributed by atoms with Crippen LogP contribution in [0.5, 0.6) is 0 Å². The molecule has 0 aliphatic carbocycles. The minimum absolute atomic E-state index is 0.0123. The first-order valence-electron chi connectivity index (χ1n) is 18.7. The van der Waals surface area contributed by atoms with E-state index in [2.05, 4.69) is 5.32 Å². The van der Waals surface area contributed by atoms with Crippen molar-refractivity contribution < 1.29 is 57.2 Å². The number of benzene rings is 3. The summed E-state index contributed by atoms with van der Waals surface area (Å²) in [6, 6.07) is 17.4. The maximum absolute atomic E-state index is 12.8. The zero-order valence-electron chi connectivity index (χ0n) is 35.0. The molecule has 14 heteroatoms. The Hall–Kier alpha value is -5.89. The Kier molecular flexibility index (Phi) is 18.4. The fourth-order valence-corrected chi connectivity index (χ4v) is 5.28. The van der Waals surface area contributed by atoms with Crippen LogP contribution in [0.25, 0.3) is 0 Å². The lowest BCUT2D eigenvalue weighted by Crippen LogP contribution is -2.45. The van der Waals surface area contributed by atoms with Gasteiger partial charge in [-0.15, -0.1) is 0 Å². The highest BCUT2D eigenvalue weighted by atomic mass is 16.6. The molecule has 0 aromatic heterocycles. The summed E-state index contributed by atoms with van der Waals surface area (Å²) in [6.07, 6.45) is -1.57. The molecular formula is C44H56N2O12. The van der Waals surface area contributed by atoms with Crippen LogP contribution in [0.3, 0.4) is 0 Å². The number of nitrogens with one attached hydrogen (secondary N) is 1. The van der Waals surface area contributed by atoms with Crippen molar-refractivity contribution in [2.75, 3.05) is 13.2 Å². The van der Waals surface area contributed by atoms with Gasteiger partial charge in [0, 0.05) is 0 Å². The number of nitrogens with two attached hydrogens (primary N) is 1. The molecule has 0 heterocycles. The molecule has 0 aliphatic heterocycles. The van der Waals surface area contributed by atoms with Crippen molar-refractivity contribution >= 4 is 41.5 Å². The molecule has 2 atom stereocenters. The normalized spacial score (nSPS) is 12.1. The summed E-state index contributed by atoms with van der Waals surface area (Å²) in [6.45, 7) is 16.2. The van der Waals surface area contributed by atoms with Crippen LogP contribution in [-0.2, 0) is 49.5 Å². The van der Waals surface area contributed by atoms with Gasteiger partial charge >= 0.3 is 30.0 Å². The summed E-state index contributed by atoms with van der Waals surface area (Å²) in [4.78, 5) is 85.7. The number of aryl methyl sites for hydroxylation is 4. The molecule has 1 amide bonds. The van der Waals surface area contributed by atoms with E-state index >= 15 is 0 Å². The van der Waals surface area contributed by atoms with Gasteiger partial charge in [-0.3, -0.25) is 19.2 Å². The van der Waals surface area contributed by atoms with Crippen molar-refractivity contribution in [1.29, 1.82) is 0 Å². The van der Waals surface area contributed by atoms with Crippen LogP contribution in [0.1, 0.15) is 103 Å². The fourth-order valence-electron chi connectivity index (χ4n) is 5.28. The van der Waals surface area contributed by atoms with Gasteiger partial charge in [0.05, 0.1) is 30.0 Å². The molecule has 0 saturated carbocycles. The Balaban J connectivity index is 0.000000426. The van der Waals surface area contributed by atoms with Gasteiger partial charge in [-0.1, -0.05) is 66.7 Å². The number of Topliss-reactive ketones (excluding diaryl/α,β-unsaturated/α-hetero) is 2. The van der Waals surface area contributed by atoms with E-state index < -0.39 is 84.5 Å². The second-order valence-corrected chi connectivity index (χ2v) is 15.6. The summed E-state index contributed by atoms with van der Waals surface area (Å²) in [5, 5.41) is 2.39. The highest BCUT2D eigenvalue weighted by Gasteiger charge is 2.29. The minimum Gasteiger partial charge on any atom is -0.460 e. The van der Waals surface area contributed by atoms with E-state index in [4.69, 9.17) is 29.4 Å². The van der Waals surface area contributed by atoms with Crippen LogP contribution in [0.15, 0.2) is 66.7 Å². The van der Waals surface area contributed by atoms with E-state index in [0.29, 0.717) is 22.3 Å². The quantitative estimate of drug-likeness (QED) is 0.131. The molecule has 0 radical (unpaired) electrons.